The van der Waals surface area contributed by atoms with Gasteiger partial charge in [-0.15, -0.1) is 0 Å². The molecule has 0 aromatic carbocycles. The van der Waals surface area contributed by atoms with Gasteiger partial charge in [-0.2, -0.15) is 0 Å². The lowest BCUT2D eigenvalue weighted by atomic mass is 9.75. The van der Waals surface area contributed by atoms with Crippen molar-refractivity contribution < 1.29 is 0 Å². The lowest BCUT2D eigenvalue weighted by Gasteiger charge is -2.41. The average molecular weight is 268 g/mol. The number of rotatable bonds is 7. The Hall–Kier alpha value is -0.0800. The van der Waals surface area contributed by atoms with Gasteiger partial charge in [0.15, 0.2) is 0 Å². The fourth-order valence-corrected chi connectivity index (χ4v) is 3.73. The molecule has 4 unspecified atom stereocenters. The van der Waals surface area contributed by atoms with Crippen LogP contribution in [-0.4, -0.2) is 42.1 Å². The monoisotopic (exact) mass is 268 g/mol. The van der Waals surface area contributed by atoms with Crippen LogP contribution in [0.3, 0.4) is 0 Å². The molecule has 0 aromatic rings. The van der Waals surface area contributed by atoms with Crippen LogP contribution in [0.5, 0.6) is 0 Å². The largest absolute Gasteiger partial charge is 0.289 e. The first kappa shape index (κ1) is 17.0. The maximum absolute atomic E-state index is 2.69. The molecule has 2 heteroatoms. The first-order chi connectivity index (χ1) is 9.03. The zero-order valence-electron chi connectivity index (χ0n) is 14.2. The average Bonchev–Trinajstić information content (AvgIpc) is 2.41. The van der Waals surface area contributed by atoms with Crippen LogP contribution >= 0.6 is 0 Å². The van der Waals surface area contributed by atoms with Crippen molar-refractivity contribution in [2.75, 3.05) is 26.2 Å². The van der Waals surface area contributed by atoms with E-state index >= 15 is 0 Å². The molecule has 4 atom stereocenters. The maximum Gasteiger partial charge on any atom is 0.0593 e. The smallest absolute Gasteiger partial charge is 0.0593 e. The Balaban J connectivity index is 2.59. The van der Waals surface area contributed by atoms with Crippen molar-refractivity contribution in [2.24, 2.45) is 17.8 Å². The first-order valence-corrected chi connectivity index (χ1v) is 8.51. The van der Waals surface area contributed by atoms with Gasteiger partial charge in [-0.3, -0.25) is 9.80 Å². The molecular formula is C17H36N2. The van der Waals surface area contributed by atoms with Crippen LogP contribution in [0.25, 0.3) is 0 Å². The zero-order valence-corrected chi connectivity index (χ0v) is 14.2. The molecule has 0 amide bonds. The fraction of sp³-hybridized carbons (Fsp3) is 1.00. The van der Waals surface area contributed by atoms with Crippen molar-refractivity contribution >= 4 is 0 Å². The second kappa shape index (κ2) is 8.26. The highest BCUT2D eigenvalue weighted by Crippen LogP contribution is 2.34. The summed E-state index contributed by atoms with van der Waals surface area (Å²) in [5.41, 5.74) is 0. The Labute approximate surface area is 121 Å². The van der Waals surface area contributed by atoms with Crippen LogP contribution < -0.4 is 0 Å². The minimum atomic E-state index is 0.587. The van der Waals surface area contributed by atoms with E-state index in [0.717, 1.165) is 30.8 Å². The van der Waals surface area contributed by atoms with Gasteiger partial charge in [0.25, 0.3) is 0 Å². The van der Waals surface area contributed by atoms with Gasteiger partial charge in [0.2, 0.25) is 0 Å². The predicted molar refractivity (Wildman–Crippen MR) is 85.3 cm³/mol. The van der Waals surface area contributed by atoms with Gasteiger partial charge in [0, 0.05) is 6.54 Å². The summed E-state index contributed by atoms with van der Waals surface area (Å²) in [7, 11) is 0. The molecule has 2 nitrogen and oxygen atoms in total. The second-order valence-corrected chi connectivity index (χ2v) is 6.60. The summed E-state index contributed by atoms with van der Waals surface area (Å²) in [5.74, 6) is 2.75. The van der Waals surface area contributed by atoms with E-state index in [1.54, 1.807) is 0 Å². The van der Waals surface area contributed by atoms with E-state index < -0.39 is 0 Å². The van der Waals surface area contributed by atoms with Crippen LogP contribution in [0.1, 0.15) is 60.8 Å². The number of nitrogens with zero attached hydrogens (tertiary/aromatic N) is 2. The molecule has 0 radical (unpaired) electrons. The third-order valence-electron chi connectivity index (χ3n) is 5.37. The number of hydrogen-bond donors (Lipinski definition) is 0. The molecule has 0 bridgehead atoms. The summed E-state index contributed by atoms with van der Waals surface area (Å²) in [6, 6.07) is 0. The molecule has 0 N–H and O–H groups in total. The van der Waals surface area contributed by atoms with Crippen LogP contribution in [0.4, 0.5) is 0 Å². The normalized spacial score (nSPS) is 30.0. The van der Waals surface area contributed by atoms with E-state index in [9.17, 15) is 0 Å². The molecule has 1 fully saturated rings. The standard InChI is InChI=1S/C17H36N2/c1-7-18(8-2)16(6)19(9-3)13-17-12-14(4)10-11-15(17)5/h14-17H,7-13H2,1-6H3. The van der Waals surface area contributed by atoms with Crippen LogP contribution in [0, 0.1) is 17.8 Å². The molecule has 114 valence electrons. The molecule has 0 heterocycles. The molecule has 1 saturated carbocycles. The van der Waals surface area contributed by atoms with Gasteiger partial charge < -0.3 is 0 Å². The van der Waals surface area contributed by atoms with Crippen molar-refractivity contribution in [3.63, 3.8) is 0 Å². The Morgan fingerprint density at radius 2 is 1.53 bits per heavy atom. The maximum atomic E-state index is 2.69. The van der Waals surface area contributed by atoms with E-state index in [0.29, 0.717) is 6.17 Å². The third kappa shape index (κ3) is 4.75. The molecule has 0 aliphatic heterocycles. The van der Waals surface area contributed by atoms with Crippen LogP contribution in [-0.2, 0) is 0 Å². The topological polar surface area (TPSA) is 6.48 Å². The minimum absolute atomic E-state index is 0.587. The fourth-order valence-electron chi connectivity index (χ4n) is 3.73. The summed E-state index contributed by atoms with van der Waals surface area (Å²) in [4.78, 5) is 5.26. The van der Waals surface area contributed by atoms with Crippen molar-refractivity contribution in [1.82, 2.24) is 9.80 Å². The molecule has 0 saturated heterocycles. The lowest BCUT2D eigenvalue weighted by Crippen LogP contribution is -2.49. The Morgan fingerprint density at radius 1 is 0.947 bits per heavy atom. The van der Waals surface area contributed by atoms with E-state index in [1.165, 1.54) is 32.4 Å². The van der Waals surface area contributed by atoms with E-state index in [2.05, 4.69) is 51.3 Å². The van der Waals surface area contributed by atoms with Crippen LogP contribution in [0.2, 0.25) is 0 Å². The molecule has 1 aliphatic rings. The molecular weight excluding hydrogens is 232 g/mol. The van der Waals surface area contributed by atoms with Gasteiger partial charge >= 0.3 is 0 Å². The molecule has 1 rings (SSSR count). The van der Waals surface area contributed by atoms with Gasteiger partial charge in [-0.25, -0.2) is 0 Å². The third-order valence-corrected chi connectivity index (χ3v) is 5.37. The minimum Gasteiger partial charge on any atom is -0.289 e. The summed E-state index contributed by atoms with van der Waals surface area (Å²) in [6.45, 7) is 18.9. The van der Waals surface area contributed by atoms with Crippen LogP contribution in [0.15, 0.2) is 0 Å². The van der Waals surface area contributed by atoms with E-state index in [-0.39, 0.29) is 0 Å². The molecule has 0 spiro atoms. The molecule has 0 aromatic heterocycles. The Bertz CT molecular complexity index is 237. The highest BCUT2D eigenvalue weighted by atomic mass is 15.3. The predicted octanol–water partition coefficient (Wildman–Crippen LogP) is 4.07. The second-order valence-electron chi connectivity index (χ2n) is 6.60. The Morgan fingerprint density at radius 3 is 2.05 bits per heavy atom. The lowest BCUT2D eigenvalue weighted by molar-refractivity contribution is 0.0347. The van der Waals surface area contributed by atoms with Crippen molar-refractivity contribution in [3.05, 3.63) is 0 Å². The highest BCUT2D eigenvalue weighted by molar-refractivity contribution is 4.80. The van der Waals surface area contributed by atoms with Crippen molar-refractivity contribution in [1.29, 1.82) is 0 Å². The number of hydrogen-bond acceptors (Lipinski definition) is 2. The van der Waals surface area contributed by atoms with E-state index in [4.69, 9.17) is 0 Å². The first-order valence-electron chi connectivity index (χ1n) is 8.51. The van der Waals surface area contributed by atoms with E-state index in [1.807, 2.05) is 0 Å². The highest BCUT2D eigenvalue weighted by Gasteiger charge is 2.28. The van der Waals surface area contributed by atoms with Crippen molar-refractivity contribution in [3.8, 4) is 0 Å². The summed E-state index contributed by atoms with van der Waals surface area (Å²) >= 11 is 0. The zero-order chi connectivity index (χ0) is 14.4. The summed E-state index contributed by atoms with van der Waals surface area (Å²) < 4.78 is 0. The summed E-state index contributed by atoms with van der Waals surface area (Å²) in [5, 5.41) is 0. The Kier molecular flexibility index (Phi) is 7.38. The van der Waals surface area contributed by atoms with Gasteiger partial charge in [0.1, 0.15) is 0 Å². The molecule has 19 heavy (non-hydrogen) atoms. The quantitative estimate of drug-likeness (QED) is 0.642. The van der Waals surface area contributed by atoms with Gasteiger partial charge in [-0.05, 0) is 50.7 Å². The summed E-state index contributed by atoms with van der Waals surface area (Å²) in [6.07, 6.45) is 4.89. The SMILES string of the molecule is CCN(CC)C(C)N(CC)CC1CC(C)CCC1C. The van der Waals surface area contributed by atoms with Crippen molar-refractivity contribution in [2.45, 2.75) is 67.0 Å². The van der Waals surface area contributed by atoms with Gasteiger partial charge in [0.05, 0.1) is 6.17 Å². The van der Waals surface area contributed by atoms with Gasteiger partial charge in [-0.1, -0.05) is 47.5 Å². The molecule has 1 aliphatic carbocycles.